The SMILES string of the molecule is C/C=C\C(CCC)CC1CCCC1.C=C(C)c1cc(C)ccc1C.CC.CC.CCC. The first-order valence-electron chi connectivity index (χ1n) is 13.2. The van der Waals surface area contributed by atoms with Crippen molar-refractivity contribution in [3.05, 3.63) is 53.6 Å². The Hall–Kier alpha value is -1.30. The zero-order valence-corrected chi connectivity index (χ0v) is 23.4. The fourth-order valence-electron chi connectivity index (χ4n) is 3.81. The third-order valence-electron chi connectivity index (χ3n) is 5.09. The van der Waals surface area contributed by atoms with E-state index in [4.69, 9.17) is 0 Å². The molecule has 0 saturated heterocycles. The molecule has 0 bridgehead atoms. The van der Waals surface area contributed by atoms with Crippen molar-refractivity contribution in [1.82, 2.24) is 0 Å². The Labute approximate surface area is 198 Å². The fourth-order valence-corrected chi connectivity index (χ4v) is 3.81. The highest BCUT2D eigenvalue weighted by Crippen LogP contribution is 2.32. The minimum Gasteiger partial charge on any atom is -0.0955 e. The van der Waals surface area contributed by atoms with E-state index >= 15 is 0 Å². The summed E-state index contributed by atoms with van der Waals surface area (Å²) in [5.74, 6) is 1.92. The van der Waals surface area contributed by atoms with Crippen LogP contribution in [0.25, 0.3) is 5.57 Å². The van der Waals surface area contributed by atoms with E-state index in [9.17, 15) is 0 Å². The molecule has 0 aliphatic heterocycles. The summed E-state index contributed by atoms with van der Waals surface area (Å²) in [6.45, 7) is 26.9. The predicted octanol–water partition coefficient (Wildman–Crippen LogP) is 11.4. The second-order valence-electron chi connectivity index (χ2n) is 8.27. The molecule has 1 aromatic carbocycles. The largest absolute Gasteiger partial charge is 0.0955 e. The van der Waals surface area contributed by atoms with Crippen LogP contribution in [0.3, 0.4) is 0 Å². The second kappa shape index (κ2) is 25.0. The van der Waals surface area contributed by atoms with E-state index in [1.54, 1.807) is 0 Å². The highest BCUT2D eigenvalue weighted by Gasteiger charge is 2.17. The van der Waals surface area contributed by atoms with Gasteiger partial charge in [-0.3, -0.25) is 0 Å². The van der Waals surface area contributed by atoms with Crippen LogP contribution in [0.4, 0.5) is 0 Å². The van der Waals surface area contributed by atoms with Gasteiger partial charge in [0.2, 0.25) is 0 Å². The van der Waals surface area contributed by atoms with Crippen molar-refractivity contribution in [3.63, 3.8) is 0 Å². The summed E-state index contributed by atoms with van der Waals surface area (Å²) in [6.07, 6.45) is 16.0. The smallest absolute Gasteiger partial charge is 0.0201 e. The van der Waals surface area contributed by atoms with E-state index in [-0.39, 0.29) is 0 Å². The lowest BCUT2D eigenvalue weighted by Crippen LogP contribution is -2.03. The molecule has 1 fully saturated rings. The van der Waals surface area contributed by atoms with Crippen molar-refractivity contribution in [1.29, 1.82) is 0 Å². The summed E-state index contributed by atoms with van der Waals surface area (Å²) in [6, 6.07) is 6.44. The van der Waals surface area contributed by atoms with Crippen LogP contribution in [0.15, 0.2) is 36.9 Å². The first-order chi connectivity index (χ1) is 14.9. The zero-order chi connectivity index (χ0) is 24.7. The van der Waals surface area contributed by atoms with E-state index in [1.807, 2.05) is 34.6 Å². The van der Waals surface area contributed by atoms with Gasteiger partial charge in [0, 0.05) is 0 Å². The first-order valence-corrected chi connectivity index (χ1v) is 13.2. The summed E-state index contributed by atoms with van der Waals surface area (Å²) in [4.78, 5) is 0. The van der Waals surface area contributed by atoms with Gasteiger partial charge in [0.1, 0.15) is 0 Å². The topological polar surface area (TPSA) is 0 Å². The average molecular weight is 431 g/mol. The normalized spacial score (nSPS) is 13.4. The highest BCUT2D eigenvalue weighted by atomic mass is 14.2. The summed E-state index contributed by atoms with van der Waals surface area (Å²) in [5, 5.41) is 0. The molecule has 182 valence electrons. The van der Waals surface area contributed by atoms with Gasteiger partial charge in [-0.1, -0.05) is 135 Å². The van der Waals surface area contributed by atoms with Gasteiger partial charge in [0.15, 0.2) is 0 Å². The maximum Gasteiger partial charge on any atom is -0.0201 e. The predicted molar refractivity (Wildman–Crippen MR) is 149 cm³/mol. The lowest BCUT2D eigenvalue weighted by molar-refractivity contribution is 0.406. The molecule has 0 heterocycles. The molecule has 0 nitrogen and oxygen atoms in total. The van der Waals surface area contributed by atoms with Crippen molar-refractivity contribution >= 4 is 5.57 Å². The maximum atomic E-state index is 3.93. The van der Waals surface area contributed by atoms with Crippen molar-refractivity contribution in [2.24, 2.45) is 11.8 Å². The van der Waals surface area contributed by atoms with E-state index < -0.39 is 0 Å². The van der Waals surface area contributed by atoms with Gasteiger partial charge in [-0.25, -0.2) is 0 Å². The summed E-state index contributed by atoms with van der Waals surface area (Å²) in [7, 11) is 0. The Morgan fingerprint density at radius 1 is 1.03 bits per heavy atom. The van der Waals surface area contributed by atoms with Crippen LogP contribution >= 0.6 is 0 Å². The number of hydrogen-bond acceptors (Lipinski definition) is 0. The van der Waals surface area contributed by atoms with Crippen molar-refractivity contribution in [2.75, 3.05) is 0 Å². The van der Waals surface area contributed by atoms with Gasteiger partial charge < -0.3 is 0 Å². The van der Waals surface area contributed by atoms with Crippen LogP contribution < -0.4 is 0 Å². The molecule has 1 atom stereocenters. The molecule has 0 N–H and O–H groups in total. The third kappa shape index (κ3) is 19.1. The Bertz CT molecular complexity index is 529. The van der Waals surface area contributed by atoms with E-state index in [0.29, 0.717) is 0 Å². The fraction of sp³-hybridized carbons (Fsp3) is 0.677. The lowest BCUT2D eigenvalue weighted by Gasteiger charge is -2.16. The molecule has 1 unspecified atom stereocenters. The van der Waals surface area contributed by atoms with Crippen LogP contribution in [0.5, 0.6) is 0 Å². The van der Waals surface area contributed by atoms with E-state index in [0.717, 1.165) is 17.4 Å². The van der Waals surface area contributed by atoms with Crippen LogP contribution in [0.2, 0.25) is 0 Å². The summed E-state index contributed by atoms with van der Waals surface area (Å²) < 4.78 is 0. The van der Waals surface area contributed by atoms with Gasteiger partial charge in [-0.05, 0) is 63.5 Å². The molecule has 0 radical (unpaired) electrons. The lowest BCUT2D eigenvalue weighted by atomic mass is 9.90. The van der Waals surface area contributed by atoms with Crippen LogP contribution in [-0.2, 0) is 0 Å². The number of hydrogen-bond donors (Lipinski definition) is 0. The molecule has 1 aliphatic carbocycles. The molecule has 1 aromatic rings. The Morgan fingerprint density at radius 2 is 1.55 bits per heavy atom. The molecule has 1 aliphatic rings. The summed E-state index contributed by atoms with van der Waals surface area (Å²) in [5.41, 5.74) is 5.04. The van der Waals surface area contributed by atoms with Crippen molar-refractivity contribution < 1.29 is 0 Å². The Balaban J connectivity index is -0.000000396. The number of allylic oxidation sites excluding steroid dienone is 3. The zero-order valence-electron chi connectivity index (χ0n) is 23.4. The van der Waals surface area contributed by atoms with E-state index in [2.05, 4.69) is 78.5 Å². The van der Waals surface area contributed by atoms with Gasteiger partial charge in [0.25, 0.3) is 0 Å². The minimum absolute atomic E-state index is 0.873. The first kappa shape index (κ1) is 34.3. The monoisotopic (exact) mass is 430 g/mol. The Kier molecular flexibility index (Phi) is 27.6. The summed E-state index contributed by atoms with van der Waals surface area (Å²) >= 11 is 0. The van der Waals surface area contributed by atoms with Gasteiger partial charge in [-0.15, -0.1) is 0 Å². The van der Waals surface area contributed by atoms with Crippen LogP contribution in [-0.4, -0.2) is 0 Å². The molecule has 31 heavy (non-hydrogen) atoms. The molecule has 0 aromatic heterocycles. The molecule has 1 saturated carbocycles. The van der Waals surface area contributed by atoms with Gasteiger partial charge in [-0.2, -0.15) is 0 Å². The van der Waals surface area contributed by atoms with E-state index in [1.165, 1.54) is 68.1 Å². The molecule has 2 rings (SSSR count). The molecule has 0 spiro atoms. The minimum atomic E-state index is 0.873. The standard InChI is InChI=1S/C13H24.C11H14.C3H8.2C2H6/c1-3-7-12(8-4-2)11-13-9-5-6-10-13;1-8(2)11-7-9(3)5-6-10(11)4;1-3-2;2*1-2/h3,7,12-13H,4-6,8-11H2,1-2H3;5-7H,1H2,2-4H3;3H2,1-2H3;2*1-2H3/b7-3-;;;;. The molecule has 0 heteroatoms. The maximum absolute atomic E-state index is 3.93. The van der Waals surface area contributed by atoms with Gasteiger partial charge in [0.05, 0.1) is 0 Å². The van der Waals surface area contributed by atoms with Crippen LogP contribution in [0.1, 0.15) is 130 Å². The van der Waals surface area contributed by atoms with Crippen molar-refractivity contribution in [3.8, 4) is 0 Å². The average Bonchev–Trinajstić information content (AvgIpc) is 3.27. The highest BCUT2D eigenvalue weighted by molar-refractivity contribution is 5.64. The molecular weight excluding hydrogens is 372 g/mol. The van der Waals surface area contributed by atoms with Crippen molar-refractivity contribution in [2.45, 2.75) is 128 Å². The third-order valence-corrected chi connectivity index (χ3v) is 5.09. The van der Waals surface area contributed by atoms with Crippen LogP contribution in [0, 0.1) is 25.7 Å². The molecule has 0 amide bonds. The quantitative estimate of drug-likeness (QED) is 0.393. The second-order valence-corrected chi connectivity index (χ2v) is 8.27. The molecular formula is C31H58. The number of benzene rings is 1. The van der Waals surface area contributed by atoms with Gasteiger partial charge >= 0.3 is 0 Å². The Morgan fingerprint density at radius 3 is 1.94 bits per heavy atom. The number of aryl methyl sites for hydroxylation is 2. The number of rotatable bonds is 6.